The summed E-state index contributed by atoms with van der Waals surface area (Å²) in [5.41, 5.74) is -9.36. The normalized spacial score (nSPS) is 13.3. The van der Waals surface area contributed by atoms with Crippen molar-refractivity contribution >= 4 is 6.29 Å². The second-order valence-electron chi connectivity index (χ2n) is 6.95. The number of aromatic nitrogens is 1. The minimum Gasteiger partial charge on any atom is -0.298 e. The maximum absolute atomic E-state index is 15.6. The lowest BCUT2D eigenvalue weighted by Gasteiger charge is -2.23. The second kappa shape index (κ2) is 9.07. The molecule has 3 rings (SSSR count). The average molecular weight is 495 g/mol. The lowest BCUT2D eigenvalue weighted by atomic mass is 9.87. The summed E-state index contributed by atoms with van der Waals surface area (Å²) in [6.07, 6.45) is -17.1. The number of nitrogens with zero attached hydrogens (tertiary/aromatic N) is 1. The van der Waals surface area contributed by atoms with Gasteiger partial charge >= 0.3 is 12.4 Å². The van der Waals surface area contributed by atoms with Crippen LogP contribution in [0.25, 0.3) is 11.1 Å². The summed E-state index contributed by atoms with van der Waals surface area (Å²) in [5.74, 6) is -0.864. The molecular weight excluding hydrogens is 484 g/mol. The fourth-order valence-electron chi connectivity index (χ4n) is 3.32. The van der Waals surface area contributed by atoms with Crippen molar-refractivity contribution in [2.45, 2.75) is 24.9 Å². The summed E-state index contributed by atoms with van der Waals surface area (Å²) in [5, 5.41) is 0. The summed E-state index contributed by atoms with van der Waals surface area (Å²) >= 11 is 0. The van der Waals surface area contributed by atoms with Crippen molar-refractivity contribution in [2.24, 2.45) is 0 Å². The highest BCUT2D eigenvalue weighted by molar-refractivity contribution is 5.91. The van der Waals surface area contributed by atoms with Gasteiger partial charge in [0.2, 0.25) is 0 Å². The standard InChI is InChI=1S/C22H11F10NO/c23-13-7-3-10(4-8-13)15-14(9-34)18(20(25)26)33-19(22(30,31)32)16(15)17(24)11-1-5-12(6-2-11)21(27,28)29/h1-9,17,20H. The van der Waals surface area contributed by atoms with E-state index in [1.807, 2.05) is 0 Å². The van der Waals surface area contributed by atoms with Crippen LogP contribution in [0.2, 0.25) is 0 Å². The van der Waals surface area contributed by atoms with Crippen LogP contribution in [-0.2, 0) is 12.4 Å². The van der Waals surface area contributed by atoms with Crippen molar-refractivity contribution < 1.29 is 48.7 Å². The number of alkyl halides is 9. The topological polar surface area (TPSA) is 30.0 Å². The van der Waals surface area contributed by atoms with Crippen molar-refractivity contribution in [1.29, 1.82) is 0 Å². The third kappa shape index (κ3) is 4.90. The molecule has 0 bridgehead atoms. The summed E-state index contributed by atoms with van der Waals surface area (Å²) in [4.78, 5) is 14.5. The van der Waals surface area contributed by atoms with E-state index in [2.05, 4.69) is 4.98 Å². The number of halogens is 10. The molecule has 0 spiro atoms. The van der Waals surface area contributed by atoms with Crippen LogP contribution >= 0.6 is 0 Å². The Morgan fingerprint density at radius 1 is 0.794 bits per heavy atom. The number of rotatable bonds is 5. The minimum absolute atomic E-state index is 0.240. The molecule has 0 N–H and O–H groups in total. The fourth-order valence-corrected chi connectivity index (χ4v) is 3.32. The van der Waals surface area contributed by atoms with Crippen LogP contribution in [0.4, 0.5) is 43.9 Å². The van der Waals surface area contributed by atoms with Gasteiger partial charge in [0.15, 0.2) is 18.2 Å². The van der Waals surface area contributed by atoms with E-state index in [9.17, 15) is 44.3 Å². The smallest absolute Gasteiger partial charge is 0.298 e. The van der Waals surface area contributed by atoms with Crippen LogP contribution in [0.15, 0.2) is 48.5 Å². The first kappa shape index (κ1) is 25.2. The molecule has 3 aromatic rings. The molecule has 180 valence electrons. The first-order chi connectivity index (χ1) is 15.8. The molecule has 12 heteroatoms. The molecule has 0 fully saturated rings. The summed E-state index contributed by atoms with van der Waals surface area (Å²) in [6.45, 7) is 0. The quantitative estimate of drug-likeness (QED) is 0.268. The maximum Gasteiger partial charge on any atom is 0.433 e. The van der Waals surface area contributed by atoms with Crippen LogP contribution in [0.5, 0.6) is 0 Å². The predicted octanol–water partition coefficient (Wildman–Crippen LogP) is 7.73. The second-order valence-corrected chi connectivity index (χ2v) is 6.95. The highest BCUT2D eigenvalue weighted by atomic mass is 19.4. The van der Waals surface area contributed by atoms with Crippen molar-refractivity contribution in [3.8, 4) is 11.1 Å². The van der Waals surface area contributed by atoms with Gasteiger partial charge in [-0.1, -0.05) is 24.3 Å². The Morgan fingerprint density at radius 2 is 1.35 bits per heavy atom. The summed E-state index contributed by atoms with van der Waals surface area (Å²) in [7, 11) is 0. The van der Waals surface area contributed by atoms with Gasteiger partial charge in [-0.15, -0.1) is 0 Å². The zero-order chi connectivity index (χ0) is 25.4. The predicted molar refractivity (Wildman–Crippen MR) is 99.4 cm³/mol. The maximum atomic E-state index is 15.6. The molecule has 0 aliphatic rings. The number of hydrogen-bond acceptors (Lipinski definition) is 2. The van der Waals surface area contributed by atoms with Gasteiger partial charge in [0.1, 0.15) is 11.5 Å². The first-order valence-electron chi connectivity index (χ1n) is 9.21. The van der Waals surface area contributed by atoms with E-state index in [4.69, 9.17) is 0 Å². The largest absolute Gasteiger partial charge is 0.433 e. The molecule has 2 nitrogen and oxygen atoms in total. The van der Waals surface area contributed by atoms with Crippen LogP contribution in [-0.4, -0.2) is 11.3 Å². The molecule has 1 atom stereocenters. The molecule has 0 aliphatic carbocycles. The van der Waals surface area contributed by atoms with Crippen molar-refractivity contribution in [2.75, 3.05) is 0 Å². The first-order valence-corrected chi connectivity index (χ1v) is 9.21. The van der Waals surface area contributed by atoms with Gasteiger partial charge in [-0.3, -0.25) is 4.79 Å². The highest BCUT2D eigenvalue weighted by Crippen LogP contribution is 2.45. The van der Waals surface area contributed by atoms with Gasteiger partial charge in [-0.25, -0.2) is 22.5 Å². The number of hydrogen-bond donors (Lipinski definition) is 0. The molecule has 34 heavy (non-hydrogen) atoms. The van der Waals surface area contributed by atoms with Gasteiger partial charge in [0.25, 0.3) is 6.43 Å². The summed E-state index contributed by atoms with van der Waals surface area (Å²) in [6, 6.07) is 5.17. The Balaban J connectivity index is 2.39. The van der Waals surface area contributed by atoms with Gasteiger partial charge in [-0.2, -0.15) is 26.3 Å². The minimum atomic E-state index is -5.49. The van der Waals surface area contributed by atoms with E-state index in [-0.39, 0.29) is 6.29 Å². The Labute approximate surface area is 184 Å². The van der Waals surface area contributed by atoms with E-state index >= 15 is 4.39 Å². The number of benzene rings is 2. The molecule has 0 amide bonds. The molecule has 0 radical (unpaired) electrons. The van der Waals surface area contributed by atoms with Crippen molar-refractivity contribution in [3.63, 3.8) is 0 Å². The van der Waals surface area contributed by atoms with Gasteiger partial charge in [0, 0.05) is 16.7 Å². The van der Waals surface area contributed by atoms with Gasteiger partial charge in [0.05, 0.1) is 5.56 Å². The lowest BCUT2D eigenvalue weighted by molar-refractivity contribution is -0.142. The fraction of sp³-hybridized carbons (Fsp3) is 0.182. The Morgan fingerprint density at radius 3 is 1.79 bits per heavy atom. The Kier molecular flexibility index (Phi) is 6.72. The number of carbonyl (C=O) groups excluding carboxylic acids is 1. The molecule has 0 saturated carbocycles. The van der Waals surface area contributed by atoms with Crippen LogP contribution < -0.4 is 0 Å². The number of aldehydes is 1. The van der Waals surface area contributed by atoms with Crippen molar-refractivity contribution in [1.82, 2.24) is 4.98 Å². The summed E-state index contributed by atoms with van der Waals surface area (Å²) < 4.78 is 136. The molecule has 1 aromatic heterocycles. The van der Waals surface area contributed by atoms with Gasteiger partial charge < -0.3 is 0 Å². The van der Waals surface area contributed by atoms with Crippen LogP contribution in [0.1, 0.15) is 51.0 Å². The van der Waals surface area contributed by atoms with Crippen LogP contribution in [0, 0.1) is 5.82 Å². The van der Waals surface area contributed by atoms with E-state index in [1.54, 1.807) is 0 Å². The molecule has 1 heterocycles. The molecule has 1 unspecified atom stereocenters. The number of carbonyl (C=O) groups is 1. The Hall–Kier alpha value is -3.44. The zero-order valence-electron chi connectivity index (χ0n) is 16.5. The molecule has 0 saturated heterocycles. The van der Waals surface area contributed by atoms with E-state index in [0.29, 0.717) is 24.3 Å². The zero-order valence-corrected chi connectivity index (χ0v) is 16.5. The lowest BCUT2D eigenvalue weighted by Crippen LogP contribution is -2.19. The molecule has 0 aliphatic heterocycles. The Bertz CT molecular complexity index is 1180. The highest BCUT2D eigenvalue weighted by Gasteiger charge is 2.42. The molecular formula is C22H11F10NO. The molecule has 2 aromatic carbocycles. The number of pyridine rings is 1. The average Bonchev–Trinajstić information content (AvgIpc) is 2.76. The monoisotopic (exact) mass is 495 g/mol. The third-order valence-corrected chi connectivity index (χ3v) is 4.81. The van der Waals surface area contributed by atoms with E-state index < -0.39 is 75.5 Å². The SMILES string of the molecule is O=Cc1c(C(F)F)nc(C(F)(F)F)c(C(F)c2ccc(C(F)(F)F)cc2)c1-c1ccc(F)cc1. The van der Waals surface area contributed by atoms with E-state index in [1.165, 1.54) is 0 Å². The van der Waals surface area contributed by atoms with Gasteiger partial charge in [-0.05, 0) is 35.4 Å². The van der Waals surface area contributed by atoms with Crippen LogP contribution in [0.3, 0.4) is 0 Å². The third-order valence-electron chi connectivity index (χ3n) is 4.81. The van der Waals surface area contributed by atoms with Crippen molar-refractivity contribution in [3.05, 3.63) is 88.0 Å². The van der Waals surface area contributed by atoms with E-state index in [0.717, 1.165) is 24.3 Å².